The van der Waals surface area contributed by atoms with Crippen LogP contribution in [0.15, 0.2) is 40.9 Å². The van der Waals surface area contributed by atoms with Crippen LogP contribution in [0.25, 0.3) is 6.08 Å². The zero-order valence-corrected chi connectivity index (χ0v) is 17.6. The van der Waals surface area contributed by atoms with Gasteiger partial charge in [-0.25, -0.2) is 9.48 Å². The van der Waals surface area contributed by atoms with Crippen LogP contribution in [0, 0.1) is 20.8 Å². The third-order valence-electron chi connectivity index (χ3n) is 4.18. The van der Waals surface area contributed by atoms with E-state index in [1.807, 2.05) is 31.2 Å². The van der Waals surface area contributed by atoms with Gasteiger partial charge in [-0.15, -0.1) is 0 Å². The van der Waals surface area contributed by atoms with Crippen molar-refractivity contribution in [3.63, 3.8) is 0 Å². The Hall–Kier alpha value is -3.39. The Labute approximate surface area is 178 Å². The van der Waals surface area contributed by atoms with Gasteiger partial charge in [-0.2, -0.15) is 5.10 Å². The Bertz CT molecular complexity index is 1080. The summed E-state index contributed by atoms with van der Waals surface area (Å²) in [5, 5.41) is 10.9. The molecule has 156 valence electrons. The van der Waals surface area contributed by atoms with E-state index < -0.39 is 18.5 Å². The van der Waals surface area contributed by atoms with E-state index in [9.17, 15) is 9.59 Å². The molecule has 30 heavy (non-hydrogen) atoms. The lowest BCUT2D eigenvalue weighted by atomic mass is 10.1. The summed E-state index contributed by atoms with van der Waals surface area (Å²) in [6.45, 7) is 5.60. The molecule has 0 unspecified atom stereocenters. The second kappa shape index (κ2) is 9.41. The van der Waals surface area contributed by atoms with Crippen LogP contribution in [0.2, 0.25) is 5.15 Å². The molecular weight excluding hydrogens is 408 g/mol. The maximum Gasteiger partial charge on any atom is 0.331 e. The largest absolute Gasteiger partial charge is 0.452 e. The smallest absolute Gasteiger partial charge is 0.331 e. The minimum Gasteiger partial charge on any atom is -0.452 e. The van der Waals surface area contributed by atoms with E-state index in [0.717, 1.165) is 5.56 Å². The van der Waals surface area contributed by atoms with Gasteiger partial charge >= 0.3 is 5.97 Å². The summed E-state index contributed by atoms with van der Waals surface area (Å²) in [6, 6.07) is 9.63. The van der Waals surface area contributed by atoms with E-state index in [0.29, 0.717) is 28.6 Å². The Morgan fingerprint density at radius 2 is 1.97 bits per heavy atom. The Morgan fingerprint density at radius 3 is 2.63 bits per heavy atom. The minimum absolute atomic E-state index is 0.187. The van der Waals surface area contributed by atoms with Gasteiger partial charge in [-0.1, -0.05) is 46.6 Å². The number of aromatic nitrogens is 3. The van der Waals surface area contributed by atoms with E-state index in [-0.39, 0.29) is 5.88 Å². The summed E-state index contributed by atoms with van der Waals surface area (Å²) in [7, 11) is 0. The number of anilines is 1. The van der Waals surface area contributed by atoms with Crippen molar-refractivity contribution in [3.05, 3.63) is 69.6 Å². The number of nitrogens with zero attached hydrogens (tertiary/aromatic N) is 3. The molecule has 2 heterocycles. The summed E-state index contributed by atoms with van der Waals surface area (Å²) in [5.74, 6) is -1.03. The highest BCUT2D eigenvalue weighted by Crippen LogP contribution is 2.22. The lowest BCUT2D eigenvalue weighted by Crippen LogP contribution is -2.19. The maximum atomic E-state index is 11.9. The van der Waals surface area contributed by atoms with Crippen LogP contribution in [0.4, 0.5) is 5.88 Å². The average Bonchev–Trinajstić information content (AvgIpc) is 3.22. The number of hydrogen-bond acceptors (Lipinski definition) is 6. The normalized spacial score (nSPS) is 11.1. The lowest BCUT2D eigenvalue weighted by molar-refractivity contribution is -0.142. The second-order valence-corrected chi connectivity index (χ2v) is 7.11. The molecule has 1 N–H and O–H groups in total. The van der Waals surface area contributed by atoms with Crippen molar-refractivity contribution >= 4 is 35.4 Å². The first-order chi connectivity index (χ1) is 14.3. The molecule has 0 saturated carbocycles. The molecule has 0 aliphatic heterocycles. The van der Waals surface area contributed by atoms with Gasteiger partial charge in [0.25, 0.3) is 5.91 Å². The number of halogens is 1. The quantitative estimate of drug-likeness (QED) is 0.455. The zero-order chi connectivity index (χ0) is 21.7. The highest BCUT2D eigenvalue weighted by atomic mass is 35.5. The van der Waals surface area contributed by atoms with Gasteiger partial charge in [-0.3, -0.25) is 10.1 Å². The number of carbonyl (C=O) groups excluding carboxylic acids is 2. The van der Waals surface area contributed by atoms with Crippen molar-refractivity contribution in [2.45, 2.75) is 27.3 Å². The molecule has 0 saturated heterocycles. The highest BCUT2D eigenvalue weighted by Gasteiger charge is 2.13. The van der Waals surface area contributed by atoms with Gasteiger partial charge in [0.2, 0.25) is 5.88 Å². The van der Waals surface area contributed by atoms with E-state index in [2.05, 4.69) is 15.6 Å². The molecule has 0 spiro atoms. The molecule has 0 radical (unpaired) electrons. The first kappa shape index (κ1) is 21.3. The van der Waals surface area contributed by atoms with E-state index in [1.165, 1.54) is 17.7 Å². The fourth-order valence-corrected chi connectivity index (χ4v) is 2.96. The van der Waals surface area contributed by atoms with Gasteiger partial charge in [0.05, 0.1) is 17.9 Å². The molecule has 9 heteroatoms. The van der Waals surface area contributed by atoms with Crippen molar-refractivity contribution in [1.82, 2.24) is 14.9 Å². The van der Waals surface area contributed by atoms with Gasteiger partial charge in [-0.05, 0) is 32.4 Å². The molecule has 0 aliphatic carbocycles. The van der Waals surface area contributed by atoms with Gasteiger partial charge in [0, 0.05) is 17.7 Å². The molecule has 0 atom stereocenters. The Balaban J connectivity index is 1.57. The second-order valence-electron chi connectivity index (χ2n) is 6.75. The molecule has 3 rings (SSSR count). The lowest BCUT2D eigenvalue weighted by Gasteiger charge is -2.04. The Kier molecular flexibility index (Phi) is 6.68. The van der Waals surface area contributed by atoms with E-state index in [1.54, 1.807) is 24.6 Å². The van der Waals surface area contributed by atoms with Gasteiger partial charge in [0.1, 0.15) is 5.15 Å². The number of benzene rings is 1. The number of rotatable bonds is 7. The number of ether oxygens (including phenoxy) is 1. The van der Waals surface area contributed by atoms with Crippen molar-refractivity contribution < 1.29 is 18.8 Å². The van der Waals surface area contributed by atoms with Crippen molar-refractivity contribution in [2.75, 3.05) is 11.9 Å². The van der Waals surface area contributed by atoms with Gasteiger partial charge in [0.15, 0.2) is 6.61 Å². The molecule has 1 amide bonds. The number of hydrogen-bond donors (Lipinski definition) is 1. The van der Waals surface area contributed by atoms with E-state index >= 15 is 0 Å². The predicted molar refractivity (Wildman–Crippen MR) is 112 cm³/mol. The number of amides is 1. The summed E-state index contributed by atoms with van der Waals surface area (Å²) < 4.78 is 11.5. The summed E-state index contributed by atoms with van der Waals surface area (Å²) in [6.07, 6.45) is 2.73. The number of carbonyl (C=O) groups is 2. The van der Waals surface area contributed by atoms with Crippen LogP contribution >= 0.6 is 11.6 Å². The fraction of sp³-hybridized carbons (Fsp3) is 0.238. The molecule has 0 bridgehead atoms. The SMILES string of the molecule is Cc1ccc(Cn2nc(C)c(/C=C/C(=O)OCC(=O)Nc3cc(C)no3)c2Cl)cc1. The average molecular weight is 429 g/mol. The first-order valence-corrected chi connectivity index (χ1v) is 9.56. The number of nitrogens with one attached hydrogen (secondary N) is 1. The molecular formula is C21H21ClN4O4. The topological polar surface area (TPSA) is 99.2 Å². The van der Waals surface area contributed by atoms with Crippen LogP contribution in [-0.4, -0.2) is 33.4 Å². The van der Waals surface area contributed by atoms with Crippen LogP contribution in [-0.2, 0) is 20.9 Å². The van der Waals surface area contributed by atoms with Crippen LogP contribution in [0.5, 0.6) is 0 Å². The van der Waals surface area contributed by atoms with Crippen molar-refractivity contribution in [3.8, 4) is 0 Å². The predicted octanol–water partition coefficient (Wildman–Crippen LogP) is 3.69. The summed E-state index contributed by atoms with van der Waals surface area (Å²) in [4.78, 5) is 23.7. The van der Waals surface area contributed by atoms with Crippen LogP contribution < -0.4 is 5.32 Å². The number of aryl methyl sites for hydroxylation is 3. The standard InChI is InChI=1S/C21H21ClN4O4/c1-13-4-6-16(7-5-13)11-26-21(22)17(15(3)24-26)8-9-20(28)29-12-18(27)23-19-10-14(2)25-30-19/h4-10H,11-12H2,1-3H3,(H,23,27)/b9-8+. The molecule has 0 fully saturated rings. The van der Waals surface area contributed by atoms with Gasteiger partial charge < -0.3 is 9.26 Å². The zero-order valence-electron chi connectivity index (χ0n) is 16.8. The highest BCUT2D eigenvalue weighted by molar-refractivity contribution is 6.31. The number of esters is 1. The summed E-state index contributed by atoms with van der Waals surface area (Å²) in [5.41, 5.74) is 4.15. The Morgan fingerprint density at radius 1 is 1.23 bits per heavy atom. The van der Waals surface area contributed by atoms with Crippen LogP contribution in [0.1, 0.15) is 28.1 Å². The molecule has 0 aliphatic rings. The molecule has 2 aromatic heterocycles. The van der Waals surface area contributed by atoms with Crippen molar-refractivity contribution in [2.24, 2.45) is 0 Å². The van der Waals surface area contributed by atoms with Crippen LogP contribution in [0.3, 0.4) is 0 Å². The molecule has 1 aromatic carbocycles. The molecule has 3 aromatic rings. The minimum atomic E-state index is -0.680. The first-order valence-electron chi connectivity index (χ1n) is 9.18. The van der Waals surface area contributed by atoms with Crippen molar-refractivity contribution in [1.29, 1.82) is 0 Å². The third kappa shape index (κ3) is 5.57. The third-order valence-corrected chi connectivity index (χ3v) is 4.58. The monoisotopic (exact) mass is 428 g/mol. The van der Waals surface area contributed by atoms with E-state index in [4.69, 9.17) is 20.9 Å². The maximum absolute atomic E-state index is 11.9. The fourth-order valence-electron chi connectivity index (χ4n) is 2.66. The molecule has 8 nitrogen and oxygen atoms in total. The summed E-state index contributed by atoms with van der Waals surface area (Å²) >= 11 is 6.43.